The van der Waals surface area contributed by atoms with Crippen LogP contribution in [-0.4, -0.2) is 43.2 Å². The van der Waals surface area contributed by atoms with Crippen LogP contribution < -0.4 is 5.32 Å². The quantitative estimate of drug-likeness (QED) is 0.866. The Morgan fingerprint density at radius 3 is 2.64 bits per heavy atom. The predicted molar refractivity (Wildman–Crippen MR) is 95.2 cm³/mol. The molecule has 6 nitrogen and oxygen atoms in total. The first-order valence-electron chi connectivity index (χ1n) is 8.75. The van der Waals surface area contributed by atoms with Gasteiger partial charge in [-0.1, -0.05) is 20.8 Å². The minimum atomic E-state index is -3.71. The van der Waals surface area contributed by atoms with Crippen molar-refractivity contribution in [2.24, 2.45) is 16.7 Å². The molecule has 1 heterocycles. The van der Waals surface area contributed by atoms with E-state index in [-0.39, 0.29) is 34.2 Å². The number of aromatic nitrogens is 1. The second-order valence-corrected chi connectivity index (χ2v) is 10.2. The van der Waals surface area contributed by atoms with Gasteiger partial charge in [-0.3, -0.25) is 9.78 Å². The van der Waals surface area contributed by atoms with E-state index >= 15 is 0 Å². The maximum Gasteiger partial charge on any atom is 0.244 e. The van der Waals surface area contributed by atoms with Crippen LogP contribution in [0.5, 0.6) is 0 Å². The molecule has 0 saturated heterocycles. The first-order valence-corrected chi connectivity index (χ1v) is 10.2. The Labute approximate surface area is 150 Å². The average Bonchev–Trinajstić information content (AvgIpc) is 2.89. The highest BCUT2D eigenvalue weighted by Crippen LogP contribution is 2.65. The van der Waals surface area contributed by atoms with Gasteiger partial charge < -0.3 is 5.32 Å². The summed E-state index contributed by atoms with van der Waals surface area (Å²) in [5.74, 6) is 0.379. The van der Waals surface area contributed by atoms with Crippen LogP contribution in [0.3, 0.4) is 0 Å². The number of hydrogen-bond acceptors (Lipinski definition) is 4. The molecular formula is C18H27N3O3S. The maximum absolute atomic E-state index is 12.5. The number of carbonyl (C=O) groups excluding carboxylic acids is 1. The van der Waals surface area contributed by atoms with Crippen molar-refractivity contribution in [2.75, 3.05) is 13.6 Å². The molecule has 2 aliphatic carbocycles. The van der Waals surface area contributed by atoms with Crippen LogP contribution in [0.1, 0.15) is 40.0 Å². The zero-order chi connectivity index (χ0) is 18.5. The fourth-order valence-electron chi connectivity index (χ4n) is 4.63. The molecule has 2 aliphatic rings. The lowest BCUT2D eigenvalue weighted by atomic mass is 9.69. The monoisotopic (exact) mass is 365 g/mol. The van der Waals surface area contributed by atoms with Gasteiger partial charge in [-0.25, -0.2) is 8.42 Å². The van der Waals surface area contributed by atoms with E-state index in [0.29, 0.717) is 5.92 Å². The number of pyridine rings is 1. The zero-order valence-corrected chi connectivity index (χ0v) is 16.1. The van der Waals surface area contributed by atoms with Crippen LogP contribution >= 0.6 is 0 Å². The number of nitrogens with one attached hydrogen (secondary N) is 1. The lowest BCUT2D eigenvalue weighted by Crippen LogP contribution is -2.49. The molecule has 0 radical (unpaired) electrons. The number of hydrogen-bond donors (Lipinski definition) is 1. The third kappa shape index (κ3) is 2.87. The van der Waals surface area contributed by atoms with Crippen LogP contribution in [0.15, 0.2) is 29.4 Å². The van der Waals surface area contributed by atoms with Gasteiger partial charge in [-0.05, 0) is 48.1 Å². The summed E-state index contributed by atoms with van der Waals surface area (Å²) in [5.41, 5.74) is 0.284. The second-order valence-electron chi connectivity index (χ2n) is 8.18. The van der Waals surface area contributed by atoms with Gasteiger partial charge in [0.25, 0.3) is 0 Å². The summed E-state index contributed by atoms with van der Waals surface area (Å²) in [4.78, 5) is 16.4. The Bertz CT molecular complexity index is 763. The zero-order valence-electron chi connectivity index (χ0n) is 15.3. The standard InChI is InChI=1S/C18H27N3O3S/c1-17(2)13-7-8-18(17,3)15(10-13)20-16(22)12-21(4)25(23,24)14-6-5-9-19-11-14/h5-6,9,11,13,15H,7-8,10,12H2,1-4H3,(H,20,22). The molecule has 1 aromatic rings. The van der Waals surface area contributed by atoms with E-state index in [2.05, 4.69) is 31.1 Å². The molecule has 3 atom stereocenters. The summed E-state index contributed by atoms with van der Waals surface area (Å²) >= 11 is 0. The van der Waals surface area contributed by atoms with Gasteiger partial charge >= 0.3 is 0 Å². The minimum absolute atomic E-state index is 0.0775. The van der Waals surface area contributed by atoms with Gasteiger partial charge in [0.15, 0.2) is 0 Å². The van der Waals surface area contributed by atoms with E-state index in [0.717, 1.165) is 17.1 Å². The Hall–Kier alpha value is -1.47. The van der Waals surface area contributed by atoms with Crippen LogP contribution in [0.4, 0.5) is 0 Å². The number of rotatable bonds is 5. The fourth-order valence-corrected chi connectivity index (χ4v) is 5.72. The largest absolute Gasteiger partial charge is 0.352 e. The van der Waals surface area contributed by atoms with Gasteiger partial charge in [0, 0.05) is 25.5 Å². The number of amides is 1. The summed E-state index contributed by atoms with van der Waals surface area (Å²) in [6.45, 7) is 6.64. The molecule has 3 rings (SSSR count). The van der Waals surface area contributed by atoms with Crippen molar-refractivity contribution in [3.63, 3.8) is 0 Å². The highest BCUT2D eigenvalue weighted by atomic mass is 32.2. The average molecular weight is 365 g/mol. The predicted octanol–water partition coefficient (Wildman–Crippen LogP) is 2.03. The Morgan fingerprint density at radius 2 is 2.12 bits per heavy atom. The number of likely N-dealkylation sites (N-methyl/N-ethyl adjacent to an activating group) is 1. The first-order chi connectivity index (χ1) is 11.6. The third-order valence-electron chi connectivity index (χ3n) is 6.84. The minimum Gasteiger partial charge on any atom is -0.352 e. The SMILES string of the molecule is CN(CC(=O)NC1CC2CCC1(C)C2(C)C)S(=O)(=O)c1cccnc1. The van der Waals surface area contributed by atoms with Crippen molar-refractivity contribution in [2.45, 2.75) is 51.0 Å². The molecule has 0 aliphatic heterocycles. The topological polar surface area (TPSA) is 79.4 Å². The fraction of sp³-hybridized carbons (Fsp3) is 0.667. The molecular weight excluding hydrogens is 338 g/mol. The summed E-state index contributed by atoms with van der Waals surface area (Å²) in [6.07, 6.45) is 6.12. The van der Waals surface area contributed by atoms with Gasteiger partial charge in [-0.2, -0.15) is 4.31 Å². The Balaban J connectivity index is 1.66. The molecule has 1 N–H and O–H groups in total. The molecule has 1 amide bonds. The van der Waals surface area contributed by atoms with Crippen LogP contribution in [0.25, 0.3) is 0 Å². The van der Waals surface area contributed by atoms with E-state index in [1.807, 2.05) is 0 Å². The highest BCUT2D eigenvalue weighted by molar-refractivity contribution is 7.89. The summed E-state index contributed by atoms with van der Waals surface area (Å²) in [6, 6.07) is 3.16. The van der Waals surface area contributed by atoms with E-state index in [1.54, 1.807) is 6.07 Å². The molecule has 25 heavy (non-hydrogen) atoms. The van der Waals surface area contributed by atoms with Crippen molar-refractivity contribution >= 4 is 15.9 Å². The molecule has 138 valence electrons. The van der Waals surface area contributed by atoms with Crippen molar-refractivity contribution in [3.8, 4) is 0 Å². The van der Waals surface area contributed by atoms with Crippen LogP contribution in [-0.2, 0) is 14.8 Å². The van der Waals surface area contributed by atoms with Gasteiger partial charge in [-0.15, -0.1) is 0 Å². The molecule has 3 unspecified atom stereocenters. The molecule has 1 aromatic heterocycles. The van der Waals surface area contributed by atoms with Gasteiger partial charge in [0.05, 0.1) is 6.54 Å². The summed E-state index contributed by atoms with van der Waals surface area (Å²) in [5, 5.41) is 3.10. The second kappa shape index (κ2) is 6.06. The smallest absolute Gasteiger partial charge is 0.244 e. The van der Waals surface area contributed by atoms with Crippen LogP contribution in [0, 0.1) is 16.7 Å². The van der Waals surface area contributed by atoms with E-state index < -0.39 is 10.0 Å². The number of fused-ring (bicyclic) bond motifs is 2. The van der Waals surface area contributed by atoms with Crippen molar-refractivity contribution in [1.82, 2.24) is 14.6 Å². The summed E-state index contributed by atoms with van der Waals surface area (Å²) in [7, 11) is -2.28. The Kier molecular flexibility index (Phi) is 4.44. The van der Waals surface area contributed by atoms with E-state index in [4.69, 9.17) is 0 Å². The number of nitrogens with zero attached hydrogens (tertiary/aromatic N) is 2. The molecule has 0 aromatic carbocycles. The van der Waals surface area contributed by atoms with Gasteiger partial charge in [0.2, 0.25) is 15.9 Å². The summed E-state index contributed by atoms with van der Waals surface area (Å²) < 4.78 is 26.1. The van der Waals surface area contributed by atoms with Gasteiger partial charge in [0.1, 0.15) is 4.90 Å². The lowest BCUT2D eigenvalue weighted by Gasteiger charge is -2.39. The third-order valence-corrected chi connectivity index (χ3v) is 8.63. The number of carbonyl (C=O) groups is 1. The normalized spacial score (nSPS) is 30.6. The van der Waals surface area contributed by atoms with E-state index in [9.17, 15) is 13.2 Å². The van der Waals surface area contributed by atoms with Crippen molar-refractivity contribution in [1.29, 1.82) is 0 Å². The lowest BCUT2D eigenvalue weighted by molar-refractivity contribution is -0.122. The molecule has 2 saturated carbocycles. The molecule has 7 heteroatoms. The molecule has 0 spiro atoms. The molecule has 2 fully saturated rings. The Morgan fingerprint density at radius 1 is 1.40 bits per heavy atom. The van der Waals surface area contributed by atoms with Crippen molar-refractivity contribution in [3.05, 3.63) is 24.5 Å². The van der Waals surface area contributed by atoms with E-state index in [1.165, 1.54) is 31.9 Å². The molecule has 2 bridgehead atoms. The van der Waals surface area contributed by atoms with Crippen molar-refractivity contribution < 1.29 is 13.2 Å². The first kappa shape index (κ1) is 18.3. The highest BCUT2D eigenvalue weighted by Gasteiger charge is 2.61. The maximum atomic E-state index is 12.5. The van der Waals surface area contributed by atoms with Crippen LogP contribution in [0.2, 0.25) is 0 Å². The number of sulfonamides is 1.